The number of hydrogen-bond acceptors (Lipinski definition) is 3. The maximum Gasteiger partial charge on any atom is 0.302 e. The normalized spacial score (nSPS) is 49.9. The van der Waals surface area contributed by atoms with Gasteiger partial charge in [-0.15, -0.1) is 0 Å². The number of ether oxygens (including phenoxy) is 1. The molecule has 4 fully saturated rings. The topological polar surface area (TPSA) is 46.5 Å². The van der Waals surface area contributed by atoms with Crippen LogP contribution in [-0.4, -0.2) is 23.3 Å². The van der Waals surface area contributed by atoms with Crippen LogP contribution in [0.1, 0.15) is 107 Å². The SMILES string of the molecule is CC(=O)O[C@H]1CC[C@]2(C)C3=CC=C4[C@@H]5CC(C)(C)C[C@@H](C)[C@H]5CC[C@@]4(C)[C@]3(C)C[C@@H](O)[C@@H]2C1(C)C. The van der Waals surface area contributed by atoms with Gasteiger partial charge in [0.1, 0.15) is 6.10 Å². The van der Waals surface area contributed by atoms with Gasteiger partial charge in [-0.05, 0) is 78.9 Å². The predicted molar refractivity (Wildman–Crippen MR) is 142 cm³/mol. The molecule has 0 heterocycles. The summed E-state index contributed by atoms with van der Waals surface area (Å²) in [6.45, 7) is 20.8. The molecule has 5 aliphatic carbocycles. The van der Waals surface area contributed by atoms with Gasteiger partial charge in [0.25, 0.3) is 0 Å². The Kier molecular flexibility index (Phi) is 5.63. The van der Waals surface area contributed by atoms with Gasteiger partial charge in [-0.2, -0.15) is 0 Å². The first-order chi connectivity index (χ1) is 16.1. The second-order valence-corrected chi connectivity index (χ2v) is 15.4. The van der Waals surface area contributed by atoms with Crippen molar-refractivity contribution in [2.75, 3.05) is 0 Å². The van der Waals surface area contributed by atoms with Crippen molar-refractivity contribution in [2.24, 2.45) is 50.7 Å². The number of aliphatic hydroxyl groups is 1. The molecule has 0 unspecified atom stereocenters. The maximum absolute atomic E-state index is 11.9. The van der Waals surface area contributed by atoms with Gasteiger partial charge in [-0.25, -0.2) is 0 Å². The van der Waals surface area contributed by atoms with Gasteiger partial charge < -0.3 is 9.84 Å². The zero-order valence-corrected chi connectivity index (χ0v) is 23.8. The molecule has 3 heteroatoms. The number of aliphatic hydroxyl groups excluding tert-OH is 1. The lowest BCUT2D eigenvalue weighted by Gasteiger charge is -2.69. The zero-order valence-electron chi connectivity index (χ0n) is 23.8. The van der Waals surface area contributed by atoms with Gasteiger partial charge in [0.15, 0.2) is 0 Å². The number of allylic oxidation sites excluding steroid dienone is 4. The van der Waals surface area contributed by atoms with Crippen molar-refractivity contribution in [3.63, 3.8) is 0 Å². The molecule has 196 valence electrons. The first kappa shape index (κ1) is 25.6. The van der Waals surface area contributed by atoms with E-state index in [0.717, 1.165) is 31.1 Å². The van der Waals surface area contributed by atoms with Crippen LogP contribution in [0.15, 0.2) is 23.3 Å². The van der Waals surface area contributed by atoms with E-state index in [0.29, 0.717) is 11.3 Å². The Hall–Kier alpha value is -1.09. The number of hydrogen-bond donors (Lipinski definition) is 1. The van der Waals surface area contributed by atoms with Gasteiger partial charge in [-0.1, -0.05) is 78.7 Å². The maximum atomic E-state index is 11.9. The van der Waals surface area contributed by atoms with Crippen molar-refractivity contribution < 1.29 is 14.6 Å². The minimum Gasteiger partial charge on any atom is -0.462 e. The molecule has 1 N–H and O–H groups in total. The van der Waals surface area contributed by atoms with E-state index < -0.39 is 6.10 Å². The lowest BCUT2D eigenvalue weighted by molar-refractivity contribution is -0.192. The van der Waals surface area contributed by atoms with Crippen LogP contribution < -0.4 is 0 Å². The van der Waals surface area contributed by atoms with Gasteiger partial charge in [0, 0.05) is 23.7 Å². The quantitative estimate of drug-likeness (QED) is 0.394. The fourth-order valence-corrected chi connectivity index (χ4v) is 10.9. The summed E-state index contributed by atoms with van der Waals surface area (Å²) in [5.41, 5.74) is 3.33. The standard InChI is InChI=1S/C32H50O3/c1-19-16-28(3,4)17-22-21(19)12-15-31(8)23(22)10-11-25-30(7)14-13-26(35-20(2)33)29(5,6)27(30)24(34)18-32(25,31)9/h10-11,19,21-22,24,26-27,34H,12-18H2,1-9H3/t19-,21-,22-,24-,26+,27-,30-,31-,32-/m1/s1. The summed E-state index contributed by atoms with van der Waals surface area (Å²) in [7, 11) is 0. The van der Waals surface area contributed by atoms with Gasteiger partial charge >= 0.3 is 5.97 Å². The Bertz CT molecular complexity index is 971. The summed E-state index contributed by atoms with van der Waals surface area (Å²) in [4.78, 5) is 11.9. The van der Waals surface area contributed by atoms with Crippen LogP contribution in [0, 0.1) is 50.7 Å². The number of esters is 1. The molecular formula is C32H50O3. The van der Waals surface area contributed by atoms with E-state index >= 15 is 0 Å². The molecule has 0 saturated heterocycles. The molecule has 0 spiro atoms. The third kappa shape index (κ3) is 3.42. The minimum atomic E-state index is -0.397. The summed E-state index contributed by atoms with van der Waals surface area (Å²) in [5, 5.41) is 11.9. The summed E-state index contributed by atoms with van der Waals surface area (Å²) in [6.07, 6.45) is 12.3. The second-order valence-electron chi connectivity index (χ2n) is 15.4. The molecular weight excluding hydrogens is 432 g/mol. The zero-order chi connectivity index (χ0) is 25.8. The first-order valence-electron chi connectivity index (χ1n) is 14.4. The van der Waals surface area contributed by atoms with Crippen LogP contribution in [0.4, 0.5) is 0 Å². The molecule has 9 atom stereocenters. The van der Waals surface area contributed by atoms with Crippen LogP contribution in [0.5, 0.6) is 0 Å². The molecule has 4 saturated carbocycles. The van der Waals surface area contributed by atoms with E-state index in [1.54, 1.807) is 11.1 Å². The molecule has 3 nitrogen and oxygen atoms in total. The van der Waals surface area contributed by atoms with E-state index in [-0.39, 0.29) is 39.7 Å². The Morgan fingerprint density at radius 2 is 1.63 bits per heavy atom. The van der Waals surface area contributed by atoms with E-state index in [1.807, 2.05) is 0 Å². The second kappa shape index (κ2) is 7.71. The van der Waals surface area contributed by atoms with Gasteiger partial charge in [0.05, 0.1) is 6.10 Å². The van der Waals surface area contributed by atoms with E-state index in [9.17, 15) is 9.90 Å². The lowest BCUT2D eigenvalue weighted by Crippen LogP contribution is -2.64. The number of carbonyl (C=O) groups excluding carboxylic acids is 1. The van der Waals surface area contributed by atoms with Crippen LogP contribution in [0.25, 0.3) is 0 Å². The van der Waals surface area contributed by atoms with Crippen molar-refractivity contribution >= 4 is 5.97 Å². The fraction of sp³-hybridized carbons (Fsp3) is 0.844. The van der Waals surface area contributed by atoms with Crippen molar-refractivity contribution in [1.82, 2.24) is 0 Å². The van der Waals surface area contributed by atoms with Crippen molar-refractivity contribution in [1.29, 1.82) is 0 Å². The number of fused-ring (bicyclic) bond motifs is 7. The molecule has 0 amide bonds. The highest BCUT2D eigenvalue weighted by Crippen LogP contribution is 2.73. The van der Waals surface area contributed by atoms with Crippen LogP contribution >= 0.6 is 0 Å². The lowest BCUT2D eigenvalue weighted by atomic mass is 9.36. The highest BCUT2D eigenvalue weighted by Gasteiger charge is 2.67. The van der Waals surface area contributed by atoms with Crippen LogP contribution in [0.2, 0.25) is 0 Å². The molecule has 0 aromatic heterocycles. The highest BCUT2D eigenvalue weighted by atomic mass is 16.5. The van der Waals surface area contributed by atoms with Crippen molar-refractivity contribution in [2.45, 2.75) is 119 Å². The Morgan fingerprint density at radius 3 is 2.29 bits per heavy atom. The monoisotopic (exact) mass is 482 g/mol. The van der Waals surface area contributed by atoms with Gasteiger partial charge in [0.2, 0.25) is 0 Å². The minimum absolute atomic E-state index is 0.0398. The molecule has 0 aliphatic heterocycles. The average Bonchev–Trinajstić information content (AvgIpc) is 2.69. The molecule has 0 bridgehead atoms. The van der Waals surface area contributed by atoms with Gasteiger partial charge in [-0.3, -0.25) is 4.79 Å². The number of carbonyl (C=O) groups is 1. The molecule has 5 rings (SSSR count). The smallest absolute Gasteiger partial charge is 0.302 e. The molecule has 0 aromatic carbocycles. The predicted octanol–water partition coefficient (Wildman–Crippen LogP) is 7.49. The largest absolute Gasteiger partial charge is 0.462 e. The summed E-state index contributed by atoms with van der Waals surface area (Å²) in [6, 6.07) is 0. The Balaban J connectivity index is 1.60. The molecule has 5 aliphatic rings. The number of rotatable bonds is 1. The molecule has 35 heavy (non-hydrogen) atoms. The molecule has 0 aromatic rings. The summed E-state index contributed by atoms with van der Waals surface area (Å²) < 4.78 is 5.82. The molecule has 0 radical (unpaired) electrons. The van der Waals surface area contributed by atoms with Crippen LogP contribution in [-0.2, 0) is 9.53 Å². The average molecular weight is 483 g/mol. The van der Waals surface area contributed by atoms with E-state index in [2.05, 4.69) is 67.5 Å². The van der Waals surface area contributed by atoms with Crippen molar-refractivity contribution in [3.05, 3.63) is 23.3 Å². The summed E-state index contributed by atoms with van der Waals surface area (Å²) in [5.74, 6) is 2.12. The highest BCUT2D eigenvalue weighted by molar-refractivity contribution is 5.66. The van der Waals surface area contributed by atoms with E-state index in [1.165, 1.54) is 32.6 Å². The van der Waals surface area contributed by atoms with Crippen LogP contribution in [0.3, 0.4) is 0 Å². The third-order valence-electron chi connectivity index (χ3n) is 12.3. The van der Waals surface area contributed by atoms with Crippen molar-refractivity contribution in [3.8, 4) is 0 Å². The first-order valence-corrected chi connectivity index (χ1v) is 14.4. The summed E-state index contributed by atoms with van der Waals surface area (Å²) >= 11 is 0. The fourth-order valence-electron chi connectivity index (χ4n) is 10.9. The Morgan fingerprint density at radius 1 is 0.943 bits per heavy atom. The Labute approximate surface area is 214 Å². The van der Waals surface area contributed by atoms with E-state index in [4.69, 9.17) is 4.74 Å². The third-order valence-corrected chi connectivity index (χ3v) is 12.3.